The van der Waals surface area contributed by atoms with Crippen molar-refractivity contribution in [2.75, 3.05) is 11.9 Å². The minimum Gasteiger partial charge on any atom is -0.488 e. The number of carbonyl (C=O) groups is 2. The van der Waals surface area contributed by atoms with E-state index in [1.165, 1.54) is 6.07 Å². The number of alkyl halides is 2. The number of nitrogens with zero attached hydrogens (tertiary/aromatic N) is 2. The van der Waals surface area contributed by atoms with Crippen molar-refractivity contribution in [2.45, 2.75) is 39.7 Å². The Kier molecular flexibility index (Phi) is 6.36. The fourth-order valence-corrected chi connectivity index (χ4v) is 2.74. The predicted molar refractivity (Wildman–Crippen MR) is 102 cm³/mol. The number of anilines is 1. The third-order valence-electron chi connectivity index (χ3n) is 4.21. The maximum atomic E-state index is 12.5. The van der Waals surface area contributed by atoms with Crippen LogP contribution in [-0.2, 0) is 11.3 Å². The number of ether oxygens (including phenoxy) is 1. The van der Waals surface area contributed by atoms with Gasteiger partial charge < -0.3 is 10.1 Å². The molecule has 0 atom stereocenters. The minimum absolute atomic E-state index is 0.000746. The zero-order valence-electron chi connectivity index (χ0n) is 16.2. The summed E-state index contributed by atoms with van der Waals surface area (Å²) in [6, 6.07) is 6.59. The number of hydrogen-bond donors (Lipinski definition) is 2. The molecular weight excluding hydrogens is 382 g/mol. The molecule has 2 N–H and O–H groups in total. The van der Waals surface area contributed by atoms with Gasteiger partial charge in [-0.15, -0.1) is 0 Å². The minimum atomic E-state index is -2.56. The molecule has 1 aromatic heterocycles. The Morgan fingerprint density at radius 3 is 2.62 bits per heavy atom. The van der Waals surface area contributed by atoms with Crippen LogP contribution in [0, 0.1) is 19.8 Å². The molecule has 9 heteroatoms. The summed E-state index contributed by atoms with van der Waals surface area (Å²) in [6.45, 7) is 2.99. The third-order valence-corrected chi connectivity index (χ3v) is 4.21. The number of halogens is 2. The van der Waals surface area contributed by atoms with Crippen LogP contribution in [0.1, 0.15) is 40.2 Å². The van der Waals surface area contributed by atoms with Crippen LogP contribution in [0.4, 0.5) is 14.7 Å². The molecule has 1 aliphatic rings. The second kappa shape index (κ2) is 8.93. The van der Waals surface area contributed by atoms with Gasteiger partial charge in [-0.25, -0.2) is 18.7 Å². The SMILES string of the molecule is Cc1cc(CNC(=O)c2cc(C)nc(NC(=O)C3CC3)n2)cc(OCC(F)F)c1. The molecule has 1 aliphatic carbocycles. The predicted octanol–water partition coefficient (Wildman–Crippen LogP) is 3.02. The second-order valence-electron chi connectivity index (χ2n) is 7.02. The first kappa shape index (κ1) is 20.6. The van der Waals surface area contributed by atoms with Gasteiger partial charge in [0.25, 0.3) is 12.3 Å². The molecule has 1 aromatic carbocycles. The van der Waals surface area contributed by atoms with E-state index in [0.717, 1.165) is 18.4 Å². The van der Waals surface area contributed by atoms with Gasteiger partial charge in [0.15, 0.2) is 0 Å². The number of benzene rings is 1. The van der Waals surface area contributed by atoms with E-state index >= 15 is 0 Å². The van der Waals surface area contributed by atoms with Gasteiger partial charge in [0, 0.05) is 18.2 Å². The van der Waals surface area contributed by atoms with Crippen molar-refractivity contribution in [3.63, 3.8) is 0 Å². The molecule has 0 unspecified atom stereocenters. The number of aryl methyl sites for hydroxylation is 2. The van der Waals surface area contributed by atoms with Crippen molar-refractivity contribution >= 4 is 17.8 Å². The lowest BCUT2D eigenvalue weighted by molar-refractivity contribution is -0.117. The Morgan fingerprint density at radius 2 is 1.93 bits per heavy atom. The highest BCUT2D eigenvalue weighted by Crippen LogP contribution is 2.29. The lowest BCUT2D eigenvalue weighted by Crippen LogP contribution is -2.25. The molecule has 2 aromatic rings. The largest absolute Gasteiger partial charge is 0.488 e. The normalized spacial score (nSPS) is 13.3. The van der Waals surface area contributed by atoms with E-state index in [4.69, 9.17) is 4.74 Å². The highest BCUT2D eigenvalue weighted by Gasteiger charge is 2.30. The molecule has 0 radical (unpaired) electrons. The van der Waals surface area contributed by atoms with Crippen LogP contribution in [-0.4, -0.2) is 34.8 Å². The van der Waals surface area contributed by atoms with Crippen LogP contribution in [0.15, 0.2) is 24.3 Å². The fraction of sp³-hybridized carbons (Fsp3) is 0.400. The van der Waals surface area contributed by atoms with Gasteiger partial charge in [-0.3, -0.25) is 14.9 Å². The molecule has 0 aliphatic heterocycles. The van der Waals surface area contributed by atoms with Gasteiger partial charge in [-0.1, -0.05) is 6.07 Å². The molecule has 29 heavy (non-hydrogen) atoms. The van der Waals surface area contributed by atoms with Crippen molar-refractivity contribution in [1.29, 1.82) is 0 Å². The first-order valence-electron chi connectivity index (χ1n) is 9.26. The number of aromatic nitrogens is 2. The van der Waals surface area contributed by atoms with Crippen molar-refractivity contribution < 1.29 is 23.1 Å². The van der Waals surface area contributed by atoms with Gasteiger partial charge in [0.05, 0.1) is 0 Å². The Hall–Kier alpha value is -3.10. The van der Waals surface area contributed by atoms with Crippen LogP contribution in [0.5, 0.6) is 5.75 Å². The lowest BCUT2D eigenvalue weighted by atomic mass is 10.1. The van der Waals surface area contributed by atoms with E-state index < -0.39 is 18.9 Å². The van der Waals surface area contributed by atoms with Crippen molar-refractivity contribution in [3.05, 3.63) is 46.8 Å². The van der Waals surface area contributed by atoms with Gasteiger partial charge in [0.2, 0.25) is 11.9 Å². The van der Waals surface area contributed by atoms with Gasteiger partial charge in [-0.2, -0.15) is 0 Å². The number of hydrogen-bond acceptors (Lipinski definition) is 5. The average molecular weight is 404 g/mol. The highest BCUT2D eigenvalue weighted by atomic mass is 19.3. The Balaban J connectivity index is 1.64. The molecule has 2 amide bonds. The summed E-state index contributed by atoms with van der Waals surface area (Å²) in [7, 11) is 0. The molecule has 1 heterocycles. The van der Waals surface area contributed by atoms with E-state index in [1.54, 1.807) is 19.1 Å². The molecule has 1 saturated carbocycles. The monoisotopic (exact) mass is 404 g/mol. The van der Waals surface area contributed by atoms with E-state index in [0.29, 0.717) is 17.0 Å². The van der Waals surface area contributed by atoms with Crippen LogP contribution in [0.25, 0.3) is 0 Å². The molecule has 7 nitrogen and oxygen atoms in total. The van der Waals surface area contributed by atoms with Crippen molar-refractivity contribution in [1.82, 2.24) is 15.3 Å². The average Bonchev–Trinajstić information content (AvgIpc) is 3.49. The second-order valence-corrected chi connectivity index (χ2v) is 7.02. The summed E-state index contributed by atoms with van der Waals surface area (Å²) in [4.78, 5) is 32.6. The van der Waals surface area contributed by atoms with Crippen molar-refractivity contribution in [3.8, 4) is 5.75 Å². The fourth-order valence-electron chi connectivity index (χ4n) is 2.74. The molecule has 0 saturated heterocycles. The molecular formula is C20H22F2N4O3. The Morgan fingerprint density at radius 1 is 1.17 bits per heavy atom. The van der Waals surface area contributed by atoms with Crippen LogP contribution in [0.2, 0.25) is 0 Å². The number of carbonyl (C=O) groups excluding carboxylic acids is 2. The van der Waals surface area contributed by atoms with Crippen molar-refractivity contribution in [2.24, 2.45) is 5.92 Å². The number of amides is 2. The summed E-state index contributed by atoms with van der Waals surface area (Å²) in [6.07, 6.45) is -0.857. The summed E-state index contributed by atoms with van der Waals surface area (Å²) in [5.41, 5.74) is 2.21. The molecule has 0 spiro atoms. The van der Waals surface area contributed by atoms with E-state index in [9.17, 15) is 18.4 Å². The molecule has 3 rings (SSSR count). The summed E-state index contributed by atoms with van der Waals surface area (Å²) in [5, 5.41) is 5.36. The summed E-state index contributed by atoms with van der Waals surface area (Å²) in [5.74, 6) is -0.158. The zero-order chi connectivity index (χ0) is 21.0. The molecule has 154 valence electrons. The zero-order valence-corrected chi connectivity index (χ0v) is 16.2. The molecule has 1 fully saturated rings. The molecule has 0 bridgehead atoms. The first-order valence-corrected chi connectivity index (χ1v) is 9.26. The topological polar surface area (TPSA) is 93.2 Å². The first-order chi connectivity index (χ1) is 13.8. The lowest BCUT2D eigenvalue weighted by Gasteiger charge is -2.11. The quantitative estimate of drug-likeness (QED) is 0.706. The third kappa shape index (κ3) is 6.20. The maximum Gasteiger partial charge on any atom is 0.272 e. The number of rotatable bonds is 8. The van der Waals surface area contributed by atoms with E-state index in [-0.39, 0.29) is 30.0 Å². The van der Waals surface area contributed by atoms with Crippen LogP contribution < -0.4 is 15.4 Å². The van der Waals surface area contributed by atoms with Crippen LogP contribution >= 0.6 is 0 Å². The van der Waals surface area contributed by atoms with E-state index in [1.807, 2.05) is 13.0 Å². The standard InChI is InChI=1S/C20H22F2N4O3/c1-11-5-13(8-15(6-11)29-10-17(21)22)9-23-19(28)16-7-12(2)24-20(25-16)26-18(27)14-3-4-14/h5-8,14,17H,3-4,9-10H2,1-2H3,(H,23,28)(H,24,25,26,27). The van der Waals surface area contributed by atoms with Gasteiger partial charge in [-0.05, 0) is 56.0 Å². The number of nitrogens with one attached hydrogen (secondary N) is 2. The highest BCUT2D eigenvalue weighted by molar-refractivity contribution is 5.95. The van der Waals surface area contributed by atoms with Gasteiger partial charge >= 0.3 is 0 Å². The summed E-state index contributed by atoms with van der Waals surface area (Å²) < 4.78 is 29.7. The maximum absolute atomic E-state index is 12.5. The Labute approximate surface area is 166 Å². The van der Waals surface area contributed by atoms with Crippen LogP contribution in [0.3, 0.4) is 0 Å². The smallest absolute Gasteiger partial charge is 0.272 e. The summed E-state index contributed by atoms with van der Waals surface area (Å²) >= 11 is 0. The Bertz CT molecular complexity index is 917. The van der Waals surface area contributed by atoms with E-state index in [2.05, 4.69) is 20.6 Å². The van der Waals surface area contributed by atoms with Gasteiger partial charge in [0.1, 0.15) is 18.1 Å².